The van der Waals surface area contributed by atoms with Gasteiger partial charge in [0.2, 0.25) is 5.88 Å². The van der Waals surface area contributed by atoms with Gasteiger partial charge in [-0.3, -0.25) is 4.79 Å². The van der Waals surface area contributed by atoms with Gasteiger partial charge in [0.15, 0.2) is 0 Å². The van der Waals surface area contributed by atoms with E-state index < -0.39 is 40.7 Å². The zero-order chi connectivity index (χ0) is 21.2. The van der Waals surface area contributed by atoms with Gasteiger partial charge in [0.05, 0.1) is 0 Å². The zero-order valence-electron chi connectivity index (χ0n) is 14.8. The summed E-state index contributed by atoms with van der Waals surface area (Å²) < 4.78 is 72.0. The van der Waals surface area contributed by atoms with E-state index in [-0.39, 0.29) is 17.0 Å². The fourth-order valence-corrected chi connectivity index (χ4v) is 2.46. The van der Waals surface area contributed by atoms with Crippen LogP contribution in [0.5, 0.6) is 11.6 Å². The molecule has 9 heteroatoms. The first-order chi connectivity index (χ1) is 13.7. The van der Waals surface area contributed by atoms with E-state index in [2.05, 4.69) is 10.3 Å². The summed E-state index contributed by atoms with van der Waals surface area (Å²) >= 11 is 0. The molecule has 0 saturated carbocycles. The SMILES string of the molecule is Cc1ccc(F)c(C(=O)Nc2ccc(Oc3ncccc3C(F)(F)F)cc2)c1F. The minimum atomic E-state index is -4.64. The summed E-state index contributed by atoms with van der Waals surface area (Å²) in [5.41, 5.74) is -1.49. The van der Waals surface area contributed by atoms with E-state index in [0.717, 1.165) is 24.4 Å². The molecule has 0 unspecified atom stereocenters. The monoisotopic (exact) mass is 408 g/mol. The van der Waals surface area contributed by atoms with E-state index in [1.165, 1.54) is 37.3 Å². The van der Waals surface area contributed by atoms with Gasteiger partial charge in [-0.05, 0) is 55.0 Å². The van der Waals surface area contributed by atoms with Crippen LogP contribution in [-0.4, -0.2) is 10.9 Å². The van der Waals surface area contributed by atoms with E-state index in [0.29, 0.717) is 0 Å². The summed E-state index contributed by atoms with van der Waals surface area (Å²) in [7, 11) is 0. The second-order valence-electron chi connectivity index (χ2n) is 5.99. The van der Waals surface area contributed by atoms with Gasteiger partial charge in [-0.1, -0.05) is 6.07 Å². The Morgan fingerprint density at radius 2 is 1.72 bits per heavy atom. The number of hydrogen-bond acceptors (Lipinski definition) is 3. The van der Waals surface area contributed by atoms with Gasteiger partial charge < -0.3 is 10.1 Å². The largest absolute Gasteiger partial charge is 0.438 e. The molecule has 0 aliphatic carbocycles. The second kappa shape index (κ2) is 7.86. The minimum Gasteiger partial charge on any atom is -0.438 e. The van der Waals surface area contributed by atoms with Gasteiger partial charge in [-0.25, -0.2) is 13.8 Å². The number of alkyl halides is 3. The summed E-state index contributed by atoms with van der Waals surface area (Å²) in [6.45, 7) is 1.39. The quantitative estimate of drug-likeness (QED) is 0.561. The number of aryl methyl sites for hydroxylation is 1. The molecule has 29 heavy (non-hydrogen) atoms. The van der Waals surface area contributed by atoms with Crippen LogP contribution in [0.2, 0.25) is 0 Å². The van der Waals surface area contributed by atoms with Crippen LogP contribution in [0.4, 0.5) is 27.6 Å². The number of hydrogen-bond donors (Lipinski definition) is 1. The van der Waals surface area contributed by atoms with Crippen molar-refractivity contribution in [2.75, 3.05) is 5.32 Å². The fourth-order valence-electron chi connectivity index (χ4n) is 2.46. The lowest BCUT2D eigenvalue weighted by molar-refractivity contribution is -0.138. The van der Waals surface area contributed by atoms with Crippen LogP contribution in [0.3, 0.4) is 0 Å². The molecule has 0 bridgehead atoms. The molecule has 1 amide bonds. The Balaban J connectivity index is 1.77. The Hall–Kier alpha value is -3.49. The molecule has 4 nitrogen and oxygen atoms in total. The van der Waals surface area contributed by atoms with Crippen LogP contribution < -0.4 is 10.1 Å². The van der Waals surface area contributed by atoms with E-state index >= 15 is 0 Å². The topological polar surface area (TPSA) is 51.2 Å². The molecular weight excluding hydrogens is 395 g/mol. The highest BCUT2D eigenvalue weighted by Crippen LogP contribution is 2.36. The van der Waals surface area contributed by atoms with Crippen LogP contribution in [0.15, 0.2) is 54.7 Å². The molecule has 3 aromatic rings. The standard InChI is InChI=1S/C20H13F5N2O2/c1-11-4-9-15(21)16(17(11)22)18(28)27-12-5-7-13(8-6-12)29-19-14(20(23,24)25)3-2-10-26-19/h2-10H,1H3,(H,27,28). The Labute approximate surface area is 162 Å². The Bertz CT molecular complexity index is 1050. The third-order valence-corrected chi connectivity index (χ3v) is 3.91. The molecule has 0 fully saturated rings. The predicted octanol–water partition coefficient (Wildman–Crippen LogP) is 5.73. The van der Waals surface area contributed by atoms with Crippen LogP contribution in [0, 0.1) is 18.6 Å². The number of nitrogens with zero attached hydrogens (tertiary/aromatic N) is 1. The van der Waals surface area contributed by atoms with Crippen molar-refractivity contribution >= 4 is 11.6 Å². The second-order valence-corrected chi connectivity index (χ2v) is 5.99. The molecule has 150 valence electrons. The van der Waals surface area contributed by atoms with Crippen molar-refractivity contribution < 1.29 is 31.5 Å². The highest BCUT2D eigenvalue weighted by molar-refractivity contribution is 6.04. The Kier molecular flexibility index (Phi) is 5.49. The molecule has 1 N–H and O–H groups in total. The maximum atomic E-state index is 14.0. The maximum absolute atomic E-state index is 14.0. The number of carbonyl (C=O) groups excluding carboxylic acids is 1. The molecule has 0 aliphatic rings. The first-order valence-electron chi connectivity index (χ1n) is 8.23. The summed E-state index contributed by atoms with van der Waals surface area (Å²) in [4.78, 5) is 15.8. The molecule has 3 rings (SSSR count). The molecule has 0 aliphatic heterocycles. The van der Waals surface area contributed by atoms with E-state index in [9.17, 15) is 26.7 Å². The molecular formula is C20H13F5N2O2. The molecule has 0 saturated heterocycles. The molecule has 1 heterocycles. The third-order valence-electron chi connectivity index (χ3n) is 3.91. The summed E-state index contributed by atoms with van der Waals surface area (Å²) in [6.07, 6.45) is -3.48. The molecule has 0 spiro atoms. The number of carbonyl (C=O) groups is 1. The Morgan fingerprint density at radius 1 is 1.03 bits per heavy atom. The van der Waals surface area contributed by atoms with Gasteiger partial charge >= 0.3 is 6.18 Å². The highest BCUT2D eigenvalue weighted by Gasteiger charge is 2.35. The van der Waals surface area contributed by atoms with Crippen molar-refractivity contribution in [1.29, 1.82) is 0 Å². The van der Waals surface area contributed by atoms with Crippen LogP contribution >= 0.6 is 0 Å². The van der Waals surface area contributed by atoms with Crippen molar-refractivity contribution in [3.05, 3.63) is 83.1 Å². The van der Waals surface area contributed by atoms with Crippen molar-refractivity contribution in [1.82, 2.24) is 4.98 Å². The van der Waals surface area contributed by atoms with Crippen LogP contribution in [0.1, 0.15) is 21.5 Å². The van der Waals surface area contributed by atoms with Gasteiger partial charge in [0, 0.05) is 11.9 Å². The van der Waals surface area contributed by atoms with E-state index in [1.807, 2.05) is 0 Å². The number of ether oxygens (including phenoxy) is 1. The van der Waals surface area contributed by atoms with Crippen LogP contribution in [-0.2, 0) is 6.18 Å². The van der Waals surface area contributed by atoms with Crippen molar-refractivity contribution in [2.45, 2.75) is 13.1 Å². The lowest BCUT2D eigenvalue weighted by atomic mass is 10.1. The maximum Gasteiger partial charge on any atom is 0.421 e. The average Bonchev–Trinajstić information content (AvgIpc) is 2.66. The normalized spacial score (nSPS) is 11.2. The van der Waals surface area contributed by atoms with Crippen molar-refractivity contribution in [2.24, 2.45) is 0 Å². The van der Waals surface area contributed by atoms with Crippen LogP contribution in [0.25, 0.3) is 0 Å². The number of anilines is 1. The fraction of sp³-hybridized carbons (Fsp3) is 0.100. The zero-order valence-corrected chi connectivity index (χ0v) is 14.8. The minimum absolute atomic E-state index is 0.0279. The van der Waals surface area contributed by atoms with E-state index in [1.54, 1.807) is 0 Å². The highest BCUT2D eigenvalue weighted by atomic mass is 19.4. The van der Waals surface area contributed by atoms with E-state index in [4.69, 9.17) is 4.74 Å². The molecule has 0 atom stereocenters. The molecule has 0 radical (unpaired) electrons. The van der Waals surface area contributed by atoms with Crippen molar-refractivity contribution in [3.63, 3.8) is 0 Å². The molecule has 2 aromatic carbocycles. The average molecular weight is 408 g/mol. The number of benzene rings is 2. The van der Waals surface area contributed by atoms with Gasteiger partial charge in [0.1, 0.15) is 28.5 Å². The van der Waals surface area contributed by atoms with Gasteiger partial charge in [-0.2, -0.15) is 13.2 Å². The number of rotatable bonds is 4. The number of pyridine rings is 1. The Morgan fingerprint density at radius 3 is 2.38 bits per heavy atom. The molecule has 1 aromatic heterocycles. The van der Waals surface area contributed by atoms with Gasteiger partial charge in [-0.15, -0.1) is 0 Å². The number of aromatic nitrogens is 1. The first-order valence-corrected chi connectivity index (χ1v) is 8.23. The first kappa shape index (κ1) is 20.2. The summed E-state index contributed by atoms with van der Waals surface area (Å²) in [5, 5.41) is 2.32. The lowest BCUT2D eigenvalue weighted by Crippen LogP contribution is -2.16. The predicted molar refractivity (Wildman–Crippen MR) is 94.8 cm³/mol. The number of nitrogens with one attached hydrogen (secondary N) is 1. The van der Waals surface area contributed by atoms with Gasteiger partial charge in [0.25, 0.3) is 5.91 Å². The number of amides is 1. The number of halogens is 5. The summed E-state index contributed by atoms with van der Waals surface area (Å²) in [5.74, 6) is -3.58. The smallest absolute Gasteiger partial charge is 0.421 e. The third kappa shape index (κ3) is 4.50. The van der Waals surface area contributed by atoms with Crippen molar-refractivity contribution in [3.8, 4) is 11.6 Å². The lowest BCUT2D eigenvalue weighted by Gasteiger charge is -2.13. The summed E-state index contributed by atoms with van der Waals surface area (Å²) in [6, 6.07) is 9.36.